The Balaban J connectivity index is 2.07. The Labute approximate surface area is 125 Å². The van der Waals surface area contributed by atoms with Crippen molar-refractivity contribution in [2.75, 3.05) is 18.9 Å². The number of hydrogen-bond acceptors (Lipinski definition) is 4. The summed E-state index contributed by atoms with van der Waals surface area (Å²) in [6.07, 6.45) is 0. The molecular formula is C14H14BrNO2S. The van der Waals surface area contributed by atoms with E-state index in [2.05, 4.69) is 20.7 Å². The molecule has 0 unspecified atom stereocenters. The summed E-state index contributed by atoms with van der Waals surface area (Å²) in [5.41, 5.74) is 1.01. The fraction of sp³-hybridized carbons (Fsp3) is 0.143. The van der Waals surface area contributed by atoms with Crippen molar-refractivity contribution in [3.05, 3.63) is 46.9 Å². The highest BCUT2D eigenvalue weighted by Gasteiger charge is 2.04. The molecule has 0 radical (unpaired) electrons. The van der Waals surface area contributed by atoms with Gasteiger partial charge in [-0.05, 0) is 54.4 Å². The molecule has 0 amide bonds. The van der Waals surface area contributed by atoms with Crippen molar-refractivity contribution >= 4 is 33.6 Å². The second-order valence-corrected chi connectivity index (χ2v) is 5.49. The predicted octanol–water partition coefficient (Wildman–Crippen LogP) is 4.59. The molecule has 0 saturated heterocycles. The first-order chi connectivity index (χ1) is 9.22. The number of benzene rings is 2. The van der Waals surface area contributed by atoms with Crippen molar-refractivity contribution in [2.45, 2.75) is 4.90 Å². The maximum Gasteiger partial charge on any atom is 0.134 e. The van der Waals surface area contributed by atoms with E-state index in [1.54, 1.807) is 14.2 Å². The van der Waals surface area contributed by atoms with Crippen LogP contribution in [0.4, 0.5) is 5.69 Å². The van der Waals surface area contributed by atoms with Crippen LogP contribution in [0.3, 0.4) is 0 Å². The van der Waals surface area contributed by atoms with Gasteiger partial charge in [-0.1, -0.05) is 15.9 Å². The van der Waals surface area contributed by atoms with Crippen LogP contribution in [0.15, 0.2) is 51.8 Å². The highest BCUT2D eigenvalue weighted by molar-refractivity contribution is 9.10. The van der Waals surface area contributed by atoms with Gasteiger partial charge in [0.1, 0.15) is 11.5 Å². The Morgan fingerprint density at radius 1 is 1.00 bits per heavy atom. The van der Waals surface area contributed by atoms with Crippen LogP contribution >= 0.6 is 27.9 Å². The van der Waals surface area contributed by atoms with E-state index in [0.717, 1.165) is 26.6 Å². The second-order valence-electron chi connectivity index (χ2n) is 3.73. The van der Waals surface area contributed by atoms with Gasteiger partial charge >= 0.3 is 0 Å². The van der Waals surface area contributed by atoms with Crippen LogP contribution in [0, 0.1) is 0 Å². The molecule has 2 rings (SSSR count). The zero-order valence-corrected chi connectivity index (χ0v) is 13.0. The Kier molecular flexibility index (Phi) is 4.99. The smallest absolute Gasteiger partial charge is 0.134 e. The van der Waals surface area contributed by atoms with Gasteiger partial charge in [-0.3, -0.25) is 0 Å². The highest BCUT2D eigenvalue weighted by atomic mass is 79.9. The molecule has 0 spiro atoms. The molecule has 2 aromatic rings. The van der Waals surface area contributed by atoms with Crippen LogP contribution in [-0.2, 0) is 0 Å². The van der Waals surface area contributed by atoms with E-state index >= 15 is 0 Å². The first-order valence-corrected chi connectivity index (χ1v) is 7.24. The van der Waals surface area contributed by atoms with Crippen molar-refractivity contribution in [2.24, 2.45) is 0 Å². The topological polar surface area (TPSA) is 30.5 Å². The van der Waals surface area contributed by atoms with E-state index in [-0.39, 0.29) is 0 Å². The van der Waals surface area contributed by atoms with Crippen molar-refractivity contribution in [3.8, 4) is 11.5 Å². The van der Waals surface area contributed by atoms with Crippen LogP contribution in [-0.4, -0.2) is 14.2 Å². The number of hydrogen-bond donors (Lipinski definition) is 1. The molecule has 2 aromatic carbocycles. The van der Waals surface area contributed by atoms with E-state index in [9.17, 15) is 0 Å². The van der Waals surface area contributed by atoms with Gasteiger partial charge in [0, 0.05) is 10.2 Å². The average Bonchev–Trinajstić information content (AvgIpc) is 2.46. The first-order valence-electron chi connectivity index (χ1n) is 5.63. The van der Waals surface area contributed by atoms with Gasteiger partial charge in [-0.25, -0.2) is 0 Å². The molecule has 0 bridgehead atoms. The fourth-order valence-corrected chi connectivity index (χ4v) is 2.82. The molecule has 0 aromatic heterocycles. The zero-order chi connectivity index (χ0) is 13.7. The van der Waals surface area contributed by atoms with Crippen LogP contribution < -0.4 is 14.2 Å². The van der Waals surface area contributed by atoms with Crippen molar-refractivity contribution in [1.29, 1.82) is 0 Å². The monoisotopic (exact) mass is 339 g/mol. The van der Waals surface area contributed by atoms with E-state index < -0.39 is 0 Å². The Morgan fingerprint density at radius 3 is 2.37 bits per heavy atom. The average molecular weight is 340 g/mol. The molecule has 1 N–H and O–H groups in total. The first kappa shape index (κ1) is 14.1. The summed E-state index contributed by atoms with van der Waals surface area (Å²) in [5, 5.41) is 0. The third-order valence-electron chi connectivity index (χ3n) is 2.49. The normalized spacial score (nSPS) is 10.1. The molecular weight excluding hydrogens is 326 g/mol. The van der Waals surface area contributed by atoms with Gasteiger partial charge in [0.2, 0.25) is 0 Å². The third kappa shape index (κ3) is 3.81. The summed E-state index contributed by atoms with van der Waals surface area (Å²) >= 11 is 4.96. The number of methoxy groups -OCH3 is 2. The molecule has 3 nitrogen and oxygen atoms in total. The van der Waals surface area contributed by atoms with Crippen LogP contribution in [0.1, 0.15) is 0 Å². The molecule has 100 valence electrons. The number of ether oxygens (including phenoxy) is 2. The number of nitrogens with one attached hydrogen (secondary N) is 1. The van der Waals surface area contributed by atoms with Gasteiger partial charge in [-0.2, -0.15) is 0 Å². The van der Waals surface area contributed by atoms with E-state index in [4.69, 9.17) is 9.47 Å². The predicted molar refractivity (Wildman–Crippen MR) is 83.2 cm³/mol. The molecule has 0 heterocycles. The zero-order valence-electron chi connectivity index (χ0n) is 10.6. The molecule has 5 heteroatoms. The van der Waals surface area contributed by atoms with Gasteiger partial charge in [0.15, 0.2) is 0 Å². The number of halogens is 1. The minimum atomic E-state index is 0.842. The largest absolute Gasteiger partial charge is 0.497 e. The summed E-state index contributed by atoms with van der Waals surface area (Å²) in [4.78, 5) is 1.02. The summed E-state index contributed by atoms with van der Waals surface area (Å²) in [6.45, 7) is 0. The molecule has 0 aliphatic carbocycles. The molecule has 0 aliphatic heterocycles. The SMILES string of the molecule is COc1ccc(NSc2cc(Br)ccc2OC)cc1. The van der Waals surface area contributed by atoms with E-state index in [1.165, 1.54) is 11.9 Å². The van der Waals surface area contributed by atoms with E-state index in [0.29, 0.717) is 0 Å². The minimum Gasteiger partial charge on any atom is -0.497 e. The number of rotatable bonds is 5. The van der Waals surface area contributed by atoms with E-state index in [1.807, 2.05) is 42.5 Å². The van der Waals surface area contributed by atoms with Crippen LogP contribution in [0.5, 0.6) is 11.5 Å². The lowest BCUT2D eigenvalue weighted by Crippen LogP contribution is -1.91. The van der Waals surface area contributed by atoms with Gasteiger partial charge in [0.25, 0.3) is 0 Å². The maximum atomic E-state index is 5.32. The standard InChI is InChI=1S/C14H14BrNO2S/c1-17-12-6-4-11(5-7-12)16-19-14-9-10(15)3-8-13(14)18-2/h3-9,16H,1-2H3. The van der Waals surface area contributed by atoms with Crippen LogP contribution in [0.2, 0.25) is 0 Å². The minimum absolute atomic E-state index is 0.842. The summed E-state index contributed by atoms with van der Waals surface area (Å²) < 4.78 is 14.7. The lowest BCUT2D eigenvalue weighted by atomic mass is 10.3. The van der Waals surface area contributed by atoms with Crippen LogP contribution in [0.25, 0.3) is 0 Å². The van der Waals surface area contributed by atoms with Gasteiger partial charge < -0.3 is 14.2 Å². The van der Waals surface area contributed by atoms with Gasteiger partial charge in [0.05, 0.1) is 19.1 Å². The molecule has 0 saturated carbocycles. The maximum absolute atomic E-state index is 5.32. The highest BCUT2D eigenvalue weighted by Crippen LogP contribution is 2.32. The Bertz CT molecular complexity index is 546. The lowest BCUT2D eigenvalue weighted by Gasteiger charge is -2.10. The quantitative estimate of drug-likeness (QED) is 0.807. The second kappa shape index (κ2) is 6.73. The summed E-state index contributed by atoms with van der Waals surface area (Å²) in [6, 6.07) is 13.7. The molecule has 0 aliphatic rings. The number of anilines is 1. The Morgan fingerprint density at radius 2 is 1.74 bits per heavy atom. The lowest BCUT2D eigenvalue weighted by molar-refractivity contribution is 0.405. The molecule has 19 heavy (non-hydrogen) atoms. The molecule has 0 fully saturated rings. The Hall–Kier alpha value is -1.33. The van der Waals surface area contributed by atoms with Crippen molar-refractivity contribution in [3.63, 3.8) is 0 Å². The van der Waals surface area contributed by atoms with Gasteiger partial charge in [-0.15, -0.1) is 0 Å². The molecule has 0 atom stereocenters. The fourth-order valence-electron chi connectivity index (χ4n) is 1.50. The summed E-state index contributed by atoms with van der Waals surface area (Å²) in [5.74, 6) is 1.68. The van der Waals surface area contributed by atoms with Crippen molar-refractivity contribution < 1.29 is 9.47 Å². The third-order valence-corrected chi connectivity index (χ3v) is 3.86. The summed E-state index contributed by atoms with van der Waals surface area (Å²) in [7, 11) is 3.32. The van der Waals surface area contributed by atoms with Crippen molar-refractivity contribution in [1.82, 2.24) is 0 Å².